The summed E-state index contributed by atoms with van der Waals surface area (Å²) in [4.78, 5) is 18.6. The summed E-state index contributed by atoms with van der Waals surface area (Å²) in [5, 5.41) is 3.73. The van der Waals surface area contributed by atoms with Crippen LogP contribution in [-0.4, -0.2) is 34.9 Å². The van der Waals surface area contributed by atoms with Gasteiger partial charge in [0.05, 0.1) is 6.54 Å². The number of hydrogen-bond donors (Lipinski definition) is 1. The molecule has 0 saturated heterocycles. The van der Waals surface area contributed by atoms with Crippen molar-refractivity contribution in [2.45, 2.75) is 32.2 Å². The number of nitrogens with one attached hydrogen (secondary N) is 1. The monoisotopic (exact) mass is 412 g/mol. The minimum atomic E-state index is -0.260. The molecule has 7 heteroatoms. The number of carbonyl (C=O) groups excluding carboxylic acids is 1. The average Bonchev–Trinajstić information content (AvgIpc) is 3.17. The molecule has 1 N–H and O–H groups in total. The summed E-state index contributed by atoms with van der Waals surface area (Å²) in [5.74, 6) is 0.368. The van der Waals surface area contributed by atoms with Crippen molar-refractivity contribution in [1.82, 2.24) is 14.7 Å². The molecule has 0 aliphatic carbocycles. The standard InChI is InChI=1S/C22H25FN4OS/c1-16(8-9-17-6-4-3-5-7-17)24-21(28)15-27(2)22-25-20(26-29-22)14-18-10-12-19(23)13-11-18/h3-7,10-13,16H,8-9,14-15H2,1-2H3,(H,24,28). The highest BCUT2D eigenvalue weighted by Crippen LogP contribution is 2.17. The van der Waals surface area contributed by atoms with Gasteiger partial charge in [0.1, 0.15) is 11.6 Å². The smallest absolute Gasteiger partial charge is 0.239 e. The Balaban J connectivity index is 1.45. The van der Waals surface area contributed by atoms with E-state index in [1.807, 2.05) is 32.2 Å². The molecule has 0 saturated carbocycles. The second-order valence-electron chi connectivity index (χ2n) is 7.15. The predicted molar refractivity (Wildman–Crippen MR) is 115 cm³/mol. The van der Waals surface area contributed by atoms with Crippen molar-refractivity contribution in [3.8, 4) is 0 Å². The van der Waals surface area contributed by atoms with Crippen molar-refractivity contribution in [2.75, 3.05) is 18.5 Å². The van der Waals surface area contributed by atoms with E-state index in [0.29, 0.717) is 17.4 Å². The van der Waals surface area contributed by atoms with Crippen LogP contribution in [0.5, 0.6) is 0 Å². The van der Waals surface area contributed by atoms with Gasteiger partial charge in [-0.25, -0.2) is 9.37 Å². The maximum absolute atomic E-state index is 13.0. The highest BCUT2D eigenvalue weighted by molar-refractivity contribution is 7.09. The lowest BCUT2D eigenvalue weighted by Gasteiger charge is -2.18. The highest BCUT2D eigenvalue weighted by Gasteiger charge is 2.14. The molecule has 3 rings (SSSR count). The fraction of sp³-hybridized carbons (Fsp3) is 0.318. The summed E-state index contributed by atoms with van der Waals surface area (Å²) < 4.78 is 17.4. The van der Waals surface area contributed by atoms with Gasteiger partial charge in [0.25, 0.3) is 0 Å². The van der Waals surface area contributed by atoms with E-state index in [0.717, 1.165) is 18.4 Å². The molecule has 3 aromatic rings. The van der Waals surface area contributed by atoms with E-state index >= 15 is 0 Å². The van der Waals surface area contributed by atoms with Gasteiger partial charge in [0.15, 0.2) is 0 Å². The van der Waals surface area contributed by atoms with Crippen LogP contribution in [0.2, 0.25) is 0 Å². The number of amides is 1. The van der Waals surface area contributed by atoms with E-state index in [4.69, 9.17) is 0 Å². The van der Waals surface area contributed by atoms with Crippen LogP contribution in [-0.2, 0) is 17.6 Å². The minimum absolute atomic E-state index is 0.0386. The zero-order chi connectivity index (χ0) is 20.6. The Morgan fingerprint density at radius 2 is 1.86 bits per heavy atom. The van der Waals surface area contributed by atoms with E-state index in [-0.39, 0.29) is 24.3 Å². The van der Waals surface area contributed by atoms with Crippen LogP contribution >= 0.6 is 11.5 Å². The largest absolute Gasteiger partial charge is 0.352 e. The van der Waals surface area contributed by atoms with Crippen LogP contribution in [0.25, 0.3) is 0 Å². The molecular formula is C22H25FN4OS. The normalized spacial score (nSPS) is 11.8. The Labute approximate surface area is 174 Å². The van der Waals surface area contributed by atoms with E-state index in [1.165, 1.54) is 29.2 Å². The molecule has 29 heavy (non-hydrogen) atoms. The average molecular weight is 413 g/mol. The van der Waals surface area contributed by atoms with Gasteiger partial charge in [-0.15, -0.1) is 0 Å². The van der Waals surface area contributed by atoms with Gasteiger partial charge in [-0.3, -0.25) is 4.79 Å². The fourth-order valence-electron chi connectivity index (χ4n) is 2.96. The molecule has 5 nitrogen and oxygen atoms in total. The van der Waals surface area contributed by atoms with Crippen LogP contribution < -0.4 is 10.2 Å². The van der Waals surface area contributed by atoms with Gasteiger partial charge in [0.2, 0.25) is 11.0 Å². The molecule has 1 unspecified atom stereocenters. The van der Waals surface area contributed by atoms with Crippen molar-refractivity contribution in [1.29, 1.82) is 0 Å². The maximum atomic E-state index is 13.0. The Kier molecular flexibility index (Phi) is 7.30. The zero-order valence-corrected chi connectivity index (χ0v) is 17.5. The van der Waals surface area contributed by atoms with Gasteiger partial charge in [0, 0.05) is 31.0 Å². The summed E-state index contributed by atoms with van der Waals surface area (Å²) in [6, 6.07) is 16.7. The van der Waals surface area contributed by atoms with Gasteiger partial charge in [-0.1, -0.05) is 42.5 Å². The molecule has 0 bridgehead atoms. The first kappa shape index (κ1) is 20.9. The molecule has 0 aliphatic rings. The van der Waals surface area contributed by atoms with Crippen LogP contribution in [0.1, 0.15) is 30.3 Å². The topological polar surface area (TPSA) is 58.1 Å². The first-order valence-corrected chi connectivity index (χ1v) is 10.4. The molecule has 1 heterocycles. The number of aromatic nitrogens is 2. The Morgan fingerprint density at radius 3 is 2.59 bits per heavy atom. The molecule has 0 fully saturated rings. The molecule has 1 aromatic heterocycles. The number of halogens is 1. The summed E-state index contributed by atoms with van der Waals surface area (Å²) in [6.07, 6.45) is 2.36. The third kappa shape index (κ3) is 6.64. The molecule has 152 valence electrons. The van der Waals surface area contributed by atoms with Gasteiger partial charge < -0.3 is 10.2 Å². The summed E-state index contributed by atoms with van der Waals surface area (Å²) in [7, 11) is 1.83. The maximum Gasteiger partial charge on any atom is 0.239 e. The highest BCUT2D eigenvalue weighted by atomic mass is 32.1. The van der Waals surface area contributed by atoms with E-state index in [9.17, 15) is 9.18 Å². The van der Waals surface area contributed by atoms with E-state index in [2.05, 4.69) is 26.8 Å². The number of carbonyl (C=O) groups is 1. The summed E-state index contributed by atoms with van der Waals surface area (Å²) >= 11 is 1.26. The Bertz CT molecular complexity index is 914. The minimum Gasteiger partial charge on any atom is -0.352 e. The summed E-state index contributed by atoms with van der Waals surface area (Å²) in [5.41, 5.74) is 2.22. The number of benzene rings is 2. The number of anilines is 1. The first-order valence-electron chi connectivity index (χ1n) is 9.61. The third-order valence-corrected chi connectivity index (χ3v) is 5.42. The van der Waals surface area contributed by atoms with Crippen molar-refractivity contribution in [3.05, 3.63) is 77.4 Å². The zero-order valence-electron chi connectivity index (χ0n) is 16.6. The second kappa shape index (κ2) is 10.1. The molecule has 0 aliphatic heterocycles. The van der Waals surface area contributed by atoms with Crippen LogP contribution in [0.4, 0.5) is 9.52 Å². The van der Waals surface area contributed by atoms with Crippen molar-refractivity contribution < 1.29 is 9.18 Å². The van der Waals surface area contributed by atoms with Crippen LogP contribution in [0.3, 0.4) is 0 Å². The number of nitrogens with zero attached hydrogens (tertiary/aromatic N) is 3. The second-order valence-corrected chi connectivity index (χ2v) is 7.88. The first-order chi connectivity index (χ1) is 14.0. The summed E-state index contributed by atoms with van der Waals surface area (Å²) in [6.45, 7) is 2.24. The van der Waals surface area contributed by atoms with Crippen molar-refractivity contribution >= 4 is 22.6 Å². The predicted octanol–water partition coefficient (Wildman–Crippen LogP) is 3.84. The number of hydrogen-bond acceptors (Lipinski definition) is 5. The SMILES string of the molecule is CC(CCc1ccccc1)NC(=O)CN(C)c1nc(Cc2ccc(F)cc2)ns1. The van der Waals surface area contributed by atoms with Gasteiger partial charge >= 0.3 is 0 Å². The quantitative estimate of drug-likeness (QED) is 0.580. The van der Waals surface area contributed by atoms with E-state index < -0.39 is 0 Å². The van der Waals surface area contributed by atoms with Crippen molar-refractivity contribution in [2.24, 2.45) is 0 Å². The molecule has 2 aromatic carbocycles. The molecule has 0 spiro atoms. The van der Waals surface area contributed by atoms with Crippen molar-refractivity contribution in [3.63, 3.8) is 0 Å². The van der Waals surface area contributed by atoms with Gasteiger partial charge in [-0.05, 0) is 43.0 Å². The number of aryl methyl sites for hydroxylation is 1. The molecular weight excluding hydrogens is 387 g/mol. The van der Waals surface area contributed by atoms with E-state index in [1.54, 1.807) is 17.0 Å². The molecule has 1 atom stereocenters. The lowest BCUT2D eigenvalue weighted by molar-refractivity contribution is -0.120. The Morgan fingerprint density at radius 1 is 1.14 bits per heavy atom. The third-order valence-electron chi connectivity index (χ3n) is 4.56. The molecule has 1 amide bonds. The fourth-order valence-corrected chi connectivity index (χ4v) is 3.60. The lowest BCUT2D eigenvalue weighted by atomic mass is 10.1. The molecule has 0 radical (unpaired) electrons. The van der Waals surface area contributed by atoms with Gasteiger partial charge in [-0.2, -0.15) is 4.37 Å². The number of rotatable bonds is 9. The lowest BCUT2D eigenvalue weighted by Crippen LogP contribution is -2.40. The van der Waals surface area contributed by atoms with Crippen LogP contribution in [0, 0.1) is 5.82 Å². The Hall–Kier alpha value is -2.80. The number of likely N-dealkylation sites (N-methyl/N-ethyl adjacent to an activating group) is 1. The van der Waals surface area contributed by atoms with Crippen LogP contribution in [0.15, 0.2) is 54.6 Å².